The van der Waals surface area contributed by atoms with Crippen LogP contribution in [0.1, 0.15) is 34.5 Å². The molecule has 5 aromatic rings. The third-order valence-corrected chi connectivity index (χ3v) is 7.57. The molecule has 42 heavy (non-hydrogen) atoms. The van der Waals surface area contributed by atoms with E-state index in [4.69, 9.17) is 11.1 Å². The molecule has 0 bridgehead atoms. The summed E-state index contributed by atoms with van der Waals surface area (Å²) in [5.74, 6) is -0.204. The summed E-state index contributed by atoms with van der Waals surface area (Å²) in [6.07, 6.45) is 0. The number of amides is 3. The van der Waals surface area contributed by atoms with Crippen LogP contribution in [-0.4, -0.2) is 17.8 Å². The highest BCUT2D eigenvalue weighted by Crippen LogP contribution is 2.30. The zero-order valence-electron chi connectivity index (χ0n) is 22.8. The van der Waals surface area contributed by atoms with E-state index < -0.39 is 6.03 Å². The summed E-state index contributed by atoms with van der Waals surface area (Å²) in [6, 6.07) is 33.2. The fourth-order valence-corrected chi connectivity index (χ4v) is 5.18. The molecule has 0 spiro atoms. The molecule has 0 saturated heterocycles. The van der Waals surface area contributed by atoms with Gasteiger partial charge in [-0.15, -0.1) is 11.3 Å². The van der Waals surface area contributed by atoms with Crippen molar-refractivity contribution in [2.24, 2.45) is 5.73 Å². The van der Waals surface area contributed by atoms with E-state index in [-0.39, 0.29) is 17.8 Å². The van der Waals surface area contributed by atoms with Gasteiger partial charge in [-0.05, 0) is 72.6 Å². The predicted octanol–water partition coefficient (Wildman–Crippen LogP) is 7.77. The number of nitrogens with one attached hydrogen (secondary N) is 5. The molecule has 1 heterocycles. The van der Waals surface area contributed by atoms with Gasteiger partial charge in [0.25, 0.3) is 5.91 Å². The van der Waals surface area contributed by atoms with Crippen molar-refractivity contribution in [3.8, 4) is 10.4 Å². The number of amidine groups is 1. The van der Waals surface area contributed by atoms with Crippen molar-refractivity contribution in [3.05, 3.63) is 131 Å². The highest BCUT2D eigenvalue weighted by molar-refractivity contribution is 7.14. The predicted molar refractivity (Wildman–Crippen MR) is 173 cm³/mol. The molecule has 0 aliphatic rings. The summed E-state index contributed by atoms with van der Waals surface area (Å²) in [5.41, 5.74) is 11.5. The topological polar surface area (TPSA) is 132 Å². The Morgan fingerprint density at radius 3 is 2.07 bits per heavy atom. The molecule has 1 unspecified atom stereocenters. The monoisotopic (exact) mass is 574 g/mol. The van der Waals surface area contributed by atoms with E-state index in [1.54, 1.807) is 35.6 Å². The molecular formula is C33H30N6O2S. The first-order valence-corrected chi connectivity index (χ1v) is 14.2. The van der Waals surface area contributed by atoms with E-state index in [0.29, 0.717) is 22.5 Å². The number of hydrogen-bond donors (Lipinski definition) is 6. The molecule has 7 N–H and O–H groups in total. The number of nitrogen functional groups attached to an aromatic ring is 1. The van der Waals surface area contributed by atoms with E-state index in [9.17, 15) is 9.59 Å². The number of carbonyl (C=O) groups excluding carboxylic acids is 2. The van der Waals surface area contributed by atoms with Gasteiger partial charge in [0.2, 0.25) is 0 Å². The molecule has 4 aromatic carbocycles. The van der Waals surface area contributed by atoms with E-state index in [0.717, 1.165) is 27.4 Å². The van der Waals surface area contributed by atoms with Crippen molar-refractivity contribution in [2.75, 3.05) is 21.3 Å². The SMILES string of the molecule is CC(Nc1ccccc1NC(=O)Nc1ccc(C(=N)N)cc1)c1ccc(C(=O)Nc2csc(-c3ccccc3)c2)cc1. The van der Waals surface area contributed by atoms with Crippen LogP contribution in [0.25, 0.3) is 10.4 Å². The summed E-state index contributed by atoms with van der Waals surface area (Å²) in [7, 11) is 0. The Balaban J connectivity index is 1.19. The van der Waals surface area contributed by atoms with Crippen molar-refractivity contribution >= 4 is 51.9 Å². The summed E-state index contributed by atoms with van der Waals surface area (Å²) < 4.78 is 0. The van der Waals surface area contributed by atoms with Crippen LogP contribution in [0.4, 0.5) is 27.5 Å². The Labute approximate surface area is 248 Å². The first kappa shape index (κ1) is 28.1. The number of hydrogen-bond acceptors (Lipinski definition) is 5. The molecule has 0 aliphatic carbocycles. The van der Waals surface area contributed by atoms with Crippen LogP contribution in [0.15, 0.2) is 115 Å². The Hall–Kier alpha value is -5.41. The fourth-order valence-electron chi connectivity index (χ4n) is 4.33. The van der Waals surface area contributed by atoms with E-state index >= 15 is 0 Å². The van der Waals surface area contributed by atoms with Gasteiger partial charge in [0.15, 0.2) is 0 Å². The second kappa shape index (κ2) is 12.8. The first-order valence-electron chi connectivity index (χ1n) is 13.3. The minimum absolute atomic E-state index is 0.0333. The van der Waals surface area contributed by atoms with Crippen LogP contribution in [0.3, 0.4) is 0 Å². The lowest BCUT2D eigenvalue weighted by atomic mass is 10.0. The van der Waals surface area contributed by atoms with Gasteiger partial charge in [0.05, 0.1) is 17.1 Å². The molecule has 0 aliphatic heterocycles. The number of thiophene rings is 1. The normalized spacial score (nSPS) is 11.3. The molecule has 5 rings (SSSR count). The van der Waals surface area contributed by atoms with Gasteiger partial charge in [-0.25, -0.2) is 4.79 Å². The van der Waals surface area contributed by atoms with Gasteiger partial charge < -0.3 is 27.0 Å². The number of urea groups is 1. The maximum atomic E-state index is 12.9. The maximum Gasteiger partial charge on any atom is 0.323 e. The zero-order chi connectivity index (χ0) is 29.5. The van der Waals surface area contributed by atoms with E-state index in [1.807, 2.05) is 97.2 Å². The summed E-state index contributed by atoms with van der Waals surface area (Å²) >= 11 is 1.59. The minimum Gasteiger partial charge on any atom is -0.384 e. The molecule has 3 amide bonds. The molecule has 0 radical (unpaired) electrons. The number of para-hydroxylation sites is 2. The largest absolute Gasteiger partial charge is 0.384 e. The summed E-state index contributed by atoms with van der Waals surface area (Å²) in [5, 5.41) is 21.5. The van der Waals surface area contributed by atoms with Crippen LogP contribution in [0.5, 0.6) is 0 Å². The third-order valence-electron chi connectivity index (χ3n) is 6.59. The van der Waals surface area contributed by atoms with Gasteiger partial charge in [-0.2, -0.15) is 0 Å². The molecule has 8 nitrogen and oxygen atoms in total. The number of anilines is 4. The molecule has 210 valence electrons. The number of nitrogens with two attached hydrogens (primary N) is 1. The van der Waals surface area contributed by atoms with E-state index in [2.05, 4.69) is 21.3 Å². The second-order valence-corrected chi connectivity index (χ2v) is 10.5. The Morgan fingerprint density at radius 1 is 0.738 bits per heavy atom. The van der Waals surface area contributed by atoms with Gasteiger partial charge in [-0.1, -0.05) is 54.6 Å². The molecular weight excluding hydrogens is 544 g/mol. The highest BCUT2D eigenvalue weighted by Gasteiger charge is 2.13. The standard InChI is InChI=1S/C33H30N6O2S/c1-21(36-28-9-5-6-10-29(28)39-33(41)38-26-17-15-24(16-18-26)31(34)35)22-11-13-25(14-12-22)32(40)37-27-19-30(42-20-27)23-7-3-2-4-8-23/h2-21,36H,1H3,(H3,34,35)(H,37,40)(H2,38,39,41). The number of rotatable bonds is 9. The van der Waals surface area contributed by atoms with Crippen LogP contribution < -0.4 is 27.0 Å². The van der Waals surface area contributed by atoms with Gasteiger partial charge in [0.1, 0.15) is 5.84 Å². The van der Waals surface area contributed by atoms with Gasteiger partial charge in [0, 0.05) is 33.1 Å². The summed E-state index contributed by atoms with van der Waals surface area (Å²) in [6.45, 7) is 2.01. The van der Waals surface area contributed by atoms with Crippen molar-refractivity contribution in [1.29, 1.82) is 5.41 Å². The number of carbonyl (C=O) groups is 2. The molecule has 0 saturated carbocycles. The number of benzene rings is 4. The average Bonchev–Trinajstić information content (AvgIpc) is 3.47. The second-order valence-electron chi connectivity index (χ2n) is 9.62. The minimum atomic E-state index is -0.399. The van der Waals surface area contributed by atoms with Crippen molar-refractivity contribution in [3.63, 3.8) is 0 Å². The zero-order valence-corrected chi connectivity index (χ0v) is 23.7. The Morgan fingerprint density at radius 2 is 1.38 bits per heavy atom. The van der Waals surface area contributed by atoms with Crippen LogP contribution >= 0.6 is 11.3 Å². The molecule has 0 fully saturated rings. The quantitative estimate of drug-likeness (QED) is 0.0793. The van der Waals surface area contributed by atoms with Crippen molar-refractivity contribution in [2.45, 2.75) is 13.0 Å². The first-order chi connectivity index (χ1) is 20.4. The lowest BCUT2D eigenvalue weighted by Gasteiger charge is -2.19. The van der Waals surface area contributed by atoms with Gasteiger partial charge in [-0.3, -0.25) is 10.2 Å². The third kappa shape index (κ3) is 7.01. The van der Waals surface area contributed by atoms with Crippen molar-refractivity contribution in [1.82, 2.24) is 0 Å². The van der Waals surface area contributed by atoms with Crippen LogP contribution in [-0.2, 0) is 0 Å². The average molecular weight is 575 g/mol. The fraction of sp³-hybridized carbons (Fsp3) is 0.0606. The van der Waals surface area contributed by atoms with Crippen molar-refractivity contribution < 1.29 is 9.59 Å². The molecule has 1 aromatic heterocycles. The Kier molecular flexibility index (Phi) is 8.60. The lowest BCUT2D eigenvalue weighted by molar-refractivity contribution is 0.102. The van der Waals surface area contributed by atoms with Crippen LogP contribution in [0.2, 0.25) is 0 Å². The molecule has 9 heteroatoms. The lowest BCUT2D eigenvalue weighted by Crippen LogP contribution is -2.21. The molecule has 1 atom stereocenters. The Bertz CT molecular complexity index is 1700. The van der Waals surface area contributed by atoms with E-state index in [1.165, 1.54) is 0 Å². The maximum absolute atomic E-state index is 12.9. The highest BCUT2D eigenvalue weighted by atomic mass is 32.1. The van der Waals surface area contributed by atoms with Gasteiger partial charge >= 0.3 is 6.03 Å². The summed E-state index contributed by atoms with van der Waals surface area (Å²) in [4.78, 5) is 26.6. The van der Waals surface area contributed by atoms with Crippen LogP contribution in [0, 0.1) is 5.41 Å². The smallest absolute Gasteiger partial charge is 0.323 e.